The van der Waals surface area contributed by atoms with Crippen LogP contribution in [0.2, 0.25) is 0 Å². The van der Waals surface area contributed by atoms with Crippen LogP contribution >= 0.6 is 11.3 Å². The third-order valence-corrected chi connectivity index (χ3v) is 6.66. The number of anilines is 2. The number of aromatic nitrogens is 4. The van der Waals surface area contributed by atoms with Gasteiger partial charge in [-0.15, -0.1) is 10.2 Å². The molecule has 0 amide bonds. The fourth-order valence-corrected chi connectivity index (χ4v) is 4.82. The number of benzene rings is 3. The molecule has 2 heterocycles. The van der Waals surface area contributed by atoms with Crippen molar-refractivity contribution in [3.8, 4) is 22.0 Å². The van der Waals surface area contributed by atoms with Crippen molar-refractivity contribution in [1.29, 1.82) is 0 Å². The molecule has 2 aromatic heterocycles. The number of nitro benzene ring substituents is 1. The molecule has 0 aliphatic heterocycles. The first-order valence-electron chi connectivity index (χ1n) is 10.8. The maximum Gasteiger partial charge on any atom is 0.279 e. The Morgan fingerprint density at radius 2 is 1.83 bits per heavy atom. The molecule has 0 unspecified atom stereocenters. The minimum atomic E-state index is -0.493. The normalized spacial score (nSPS) is 13.3. The molecule has 0 atom stereocenters. The first kappa shape index (κ1) is 21.3. The minimum Gasteiger partial charge on any atom is -0.328 e. The molecule has 5 aromatic rings. The standard InChI is InChI=1S/C24H16F2N6O2S/c25-14-7-5-13(6-8-14)22-27-19-12-18(17(26)11-21(19)31(22)15-9-10-15)28-24-30-29-23(35-24)16-3-1-2-4-20(16)32(33)34/h1-8,11-12,15H,9-10H2,(H,28,30). The van der Waals surface area contributed by atoms with Crippen LogP contribution in [0.3, 0.4) is 0 Å². The monoisotopic (exact) mass is 490 g/mol. The van der Waals surface area contributed by atoms with Gasteiger partial charge in [0.1, 0.15) is 17.5 Å². The topological polar surface area (TPSA) is 98.8 Å². The summed E-state index contributed by atoms with van der Waals surface area (Å²) < 4.78 is 30.6. The molecule has 1 aliphatic rings. The van der Waals surface area contributed by atoms with Crippen LogP contribution in [0, 0.1) is 21.7 Å². The van der Waals surface area contributed by atoms with E-state index in [0.29, 0.717) is 27.4 Å². The van der Waals surface area contributed by atoms with Crippen LogP contribution in [0.1, 0.15) is 18.9 Å². The zero-order valence-corrected chi connectivity index (χ0v) is 18.8. The summed E-state index contributed by atoms with van der Waals surface area (Å²) in [7, 11) is 0. The number of rotatable bonds is 6. The average molecular weight is 490 g/mol. The Morgan fingerprint density at radius 1 is 1.06 bits per heavy atom. The number of imidazole rings is 1. The van der Waals surface area contributed by atoms with Crippen LogP contribution in [-0.2, 0) is 0 Å². The summed E-state index contributed by atoms with van der Waals surface area (Å²) >= 11 is 1.08. The highest BCUT2D eigenvalue weighted by atomic mass is 32.1. The highest BCUT2D eigenvalue weighted by Gasteiger charge is 2.29. The lowest BCUT2D eigenvalue weighted by molar-refractivity contribution is -0.384. The Labute approximate surface area is 201 Å². The molecule has 11 heteroatoms. The van der Waals surface area contributed by atoms with E-state index in [0.717, 1.165) is 29.7 Å². The molecule has 3 aromatic carbocycles. The third-order valence-electron chi connectivity index (χ3n) is 5.79. The van der Waals surface area contributed by atoms with E-state index in [2.05, 4.69) is 15.5 Å². The van der Waals surface area contributed by atoms with E-state index in [1.165, 1.54) is 24.3 Å². The van der Waals surface area contributed by atoms with Gasteiger partial charge in [-0.25, -0.2) is 13.8 Å². The molecule has 35 heavy (non-hydrogen) atoms. The second kappa shape index (κ2) is 8.20. The summed E-state index contributed by atoms with van der Waals surface area (Å²) in [6, 6.07) is 15.6. The number of hydrogen-bond acceptors (Lipinski definition) is 7. The van der Waals surface area contributed by atoms with Gasteiger partial charge in [-0.1, -0.05) is 23.5 Å². The Morgan fingerprint density at radius 3 is 2.57 bits per heavy atom. The number of hydrogen-bond donors (Lipinski definition) is 1. The zero-order chi connectivity index (χ0) is 24.1. The van der Waals surface area contributed by atoms with Gasteiger partial charge in [0.2, 0.25) is 5.13 Å². The number of nitrogens with one attached hydrogen (secondary N) is 1. The molecule has 0 saturated heterocycles. The van der Waals surface area contributed by atoms with Gasteiger partial charge in [0.15, 0.2) is 5.01 Å². The van der Waals surface area contributed by atoms with Gasteiger partial charge in [-0.3, -0.25) is 10.1 Å². The van der Waals surface area contributed by atoms with Gasteiger partial charge in [0.05, 0.1) is 27.2 Å². The second-order valence-corrected chi connectivity index (χ2v) is 9.15. The van der Waals surface area contributed by atoms with Crippen LogP contribution < -0.4 is 5.32 Å². The van der Waals surface area contributed by atoms with Crippen molar-refractivity contribution in [1.82, 2.24) is 19.7 Å². The SMILES string of the molecule is O=[N+]([O-])c1ccccc1-c1nnc(Nc2cc3nc(-c4ccc(F)cc4)n(C4CC4)c3cc2F)s1. The maximum absolute atomic E-state index is 15.1. The van der Waals surface area contributed by atoms with Crippen molar-refractivity contribution in [2.24, 2.45) is 0 Å². The van der Waals surface area contributed by atoms with E-state index in [9.17, 15) is 14.5 Å². The van der Waals surface area contributed by atoms with E-state index in [1.807, 2.05) is 4.57 Å². The molecule has 6 rings (SSSR count). The van der Waals surface area contributed by atoms with Crippen LogP contribution in [0.15, 0.2) is 60.7 Å². The van der Waals surface area contributed by atoms with Crippen LogP contribution in [0.5, 0.6) is 0 Å². The van der Waals surface area contributed by atoms with Crippen molar-refractivity contribution >= 4 is 38.9 Å². The van der Waals surface area contributed by atoms with Gasteiger partial charge < -0.3 is 9.88 Å². The molecule has 1 aliphatic carbocycles. The summed E-state index contributed by atoms with van der Waals surface area (Å²) in [4.78, 5) is 15.6. The molecule has 1 N–H and O–H groups in total. The van der Waals surface area contributed by atoms with Gasteiger partial charge in [-0.05, 0) is 49.2 Å². The van der Waals surface area contributed by atoms with Gasteiger partial charge >= 0.3 is 0 Å². The number of para-hydroxylation sites is 1. The Kier molecular flexibility index (Phi) is 4.99. The summed E-state index contributed by atoms with van der Waals surface area (Å²) in [5.41, 5.74) is 2.42. The molecule has 8 nitrogen and oxygen atoms in total. The Bertz CT molecular complexity index is 1590. The summed E-state index contributed by atoms with van der Waals surface area (Å²) in [6.07, 6.45) is 1.95. The van der Waals surface area contributed by atoms with Crippen LogP contribution in [-0.4, -0.2) is 24.7 Å². The van der Waals surface area contributed by atoms with Crippen LogP contribution in [0.4, 0.5) is 25.3 Å². The molecule has 0 spiro atoms. The maximum atomic E-state index is 15.1. The fourth-order valence-electron chi connectivity index (χ4n) is 4.03. The average Bonchev–Trinajstić information content (AvgIpc) is 3.47. The van der Waals surface area contributed by atoms with Crippen molar-refractivity contribution in [3.63, 3.8) is 0 Å². The predicted octanol–water partition coefficient (Wildman–Crippen LogP) is 6.49. The highest BCUT2D eigenvalue weighted by Crippen LogP contribution is 2.42. The molecule has 174 valence electrons. The zero-order valence-electron chi connectivity index (χ0n) is 18.0. The number of nitro groups is 1. The van der Waals surface area contributed by atoms with Crippen molar-refractivity contribution in [3.05, 3.63) is 82.4 Å². The van der Waals surface area contributed by atoms with E-state index >= 15 is 4.39 Å². The van der Waals surface area contributed by atoms with Gasteiger partial charge in [0, 0.05) is 23.7 Å². The molecule has 1 fully saturated rings. The number of nitrogens with zero attached hydrogens (tertiary/aromatic N) is 5. The molecule has 1 saturated carbocycles. The minimum absolute atomic E-state index is 0.0817. The van der Waals surface area contributed by atoms with Crippen LogP contribution in [0.25, 0.3) is 33.0 Å². The summed E-state index contributed by atoms with van der Waals surface area (Å²) in [5.74, 6) is -0.168. The van der Waals surface area contributed by atoms with Crippen molar-refractivity contribution in [2.45, 2.75) is 18.9 Å². The lowest BCUT2D eigenvalue weighted by Crippen LogP contribution is -1.98. The number of halogens is 2. The predicted molar refractivity (Wildman–Crippen MR) is 129 cm³/mol. The third kappa shape index (κ3) is 3.89. The van der Waals surface area contributed by atoms with Gasteiger partial charge in [0.25, 0.3) is 5.69 Å². The number of fused-ring (bicyclic) bond motifs is 1. The van der Waals surface area contributed by atoms with E-state index in [1.54, 1.807) is 36.4 Å². The lowest BCUT2D eigenvalue weighted by atomic mass is 10.2. The molecular formula is C24H16F2N6O2S. The first-order valence-corrected chi connectivity index (χ1v) is 11.6. The molecule has 0 bridgehead atoms. The lowest BCUT2D eigenvalue weighted by Gasteiger charge is -2.08. The molecular weight excluding hydrogens is 474 g/mol. The smallest absolute Gasteiger partial charge is 0.279 e. The van der Waals surface area contributed by atoms with Gasteiger partial charge in [-0.2, -0.15) is 0 Å². The molecule has 0 radical (unpaired) electrons. The van der Waals surface area contributed by atoms with Crippen molar-refractivity contribution in [2.75, 3.05) is 5.32 Å². The van der Waals surface area contributed by atoms with E-state index in [-0.39, 0.29) is 28.4 Å². The Balaban J connectivity index is 1.37. The highest BCUT2D eigenvalue weighted by molar-refractivity contribution is 7.18. The largest absolute Gasteiger partial charge is 0.328 e. The van der Waals surface area contributed by atoms with E-state index < -0.39 is 10.7 Å². The fraction of sp³-hybridized carbons (Fsp3) is 0.125. The quantitative estimate of drug-likeness (QED) is 0.216. The summed E-state index contributed by atoms with van der Waals surface area (Å²) in [5, 5.41) is 23.0. The second-order valence-electron chi connectivity index (χ2n) is 8.18. The first-order chi connectivity index (χ1) is 17.0. The Hall–Kier alpha value is -4.25. The van der Waals surface area contributed by atoms with E-state index in [4.69, 9.17) is 4.98 Å². The van der Waals surface area contributed by atoms with Crippen molar-refractivity contribution < 1.29 is 13.7 Å². The summed E-state index contributed by atoms with van der Waals surface area (Å²) in [6.45, 7) is 0.